The van der Waals surface area contributed by atoms with Gasteiger partial charge in [0.25, 0.3) is 0 Å². The highest BCUT2D eigenvalue weighted by atomic mass is 16.5. The fourth-order valence-corrected chi connectivity index (χ4v) is 3.46. The number of nitrogens with one attached hydrogen (secondary N) is 1. The number of hydrogen-bond acceptors (Lipinski definition) is 3. The molecule has 0 amide bonds. The van der Waals surface area contributed by atoms with Crippen LogP contribution >= 0.6 is 0 Å². The molecule has 0 radical (unpaired) electrons. The van der Waals surface area contributed by atoms with Gasteiger partial charge < -0.3 is 14.6 Å². The normalized spacial score (nSPS) is 17.9. The molecule has 0 fully saturated rings. The first-order chi connectivity index (χ1) is 11.1. The number of nitrogens with zero attached hydrogens (tertiary/aromatic N) is 1. The monoisotopic (exact) mass is 310 g/mol. The van der Waals surface area contributed by atoms with E-state index in [1.165, 1.54) is 18.2 Å². The molecule has 0 saturated carbocycles. The zero-order chi connectivity index (χ0) is 16.6. The quantitative estimate of drug-likeness (QED) is 0.876. The predicted octanol–water partition coefficient (Wildman–Crippen LogP) is 3.86. The number of methoxy groups -OCH3 is 1. The van der Waals surface area contributed by atoms with Gasteiger partial charge in [0.2, 0.25) is 0 Å². The van der Waals surface area contributed by atoms with Crippen molar-refractivity contribution in [1.82, 2.24) is 9.88 Å². The molecule has 1 aliphatic heterocycles. The molecular weight excluding hydrogens is 288 g/mol. The van der Waals surface area contributed by atoms with Crippen molar-refractivity contribution >= 4 is 16.9 Å². The van der Waals surface area contributed by atoms with Crippen LogP contribution in [0.5, 0.6) is 0 Å². The molecule has 4 heteroatoms. The second-order valence-corrected chi connectivity index (χ2v) is 5.94. The Morgan fingerprint density at radius 2 is 2.04 bits per heavy atom. The Morgan fingerprint density at radius 1 is 1.30 bits per heavy atom. The molecule has 2 aromatic rings. The van der Waals surface area contributed by atoms with Gasteiger partial charge in [0.15, 0.2) is 0 Å². The van der Waals surface area contributed by atoms with E-state index in [0.717, 1.165) is 23.0 Å². The van der Waals surface area contributed by atoms with Crippen LogP contribution in [0.2, 0.25) is 0 Å². The van der Waals surface area contributed by atoms with Crippen molar-refractivity contribution in [3.8, 4) is 0 Å². The van der Waals surface area contributed by atoms with Crippen LogP contribution in [0.25, 0.3) is 10.9 Å². The van der Waals surface area contributed by atoms with Gasteiger partial charge in [-0.05, 0) is 30.5 Å². The summed E-state index contributed by atoms with van der Waals surface area (Å²) in [5.74, 6) is -0.342. The number of carbonyl (C=O) groups excluding carboxylic acids is 1. The maximum atomic E-state index is 12.4. The summed E-state index contributed by atoms with van der Waals surface area (Å²) in [5.41, 5.74) is 5.25. The van der Waals surface area contributed by atoms with Crippen LogP contribution in [0.3, 0.4) is 0 Å². The number of aromatic amines is 1. The lowest BCUT2D eigenvalue weighted by Crippen LogP contribution is -2.23. The third kappa shape index (κ3) is 2.54. The summed E-state index contributed by atoms with van der Waals surface area (Å²) in [4.78, 5) is 17.7. The second kappa shape index (κ2) is 5.95. The minimum absolute atomic E-state index is 0.0696. The van der Waals surface area contributed by atoms with Crippen molar-refractivity contribution in [2.75, 3.05) is 14.2 Å². The Labute approximate surface area is 136 Å². The fraction of sp³-hybridized carbons (Fsp3) is 0.316. The van der Waals surface area contributed by atoms with E-state index in [1.807, 2.05) is 30.3 Å². The molecule has 2 heterocycles. The van der Waals surface area contributed by atoms with Gasteiger partial charge in [-0.2, -0.15) is 0 Å². The Bertz CT molecular complexity index is 814. The van der Waals surface area contributed by atoms with Gasteiger partial charge in [0.1, 0.15) is 0 Å². The maximum Gasteiger partial charge on any atom is 0.336 e. The highest BCUT2D eigenvalue weighted by Crippen LogP contribution is 2.42. The minimum Gasteiger partial charge on any atom is -0.466 e. The lowest BCUT2D eigenvalue weighted by Gasteiger charge is -2.29. The van der Waals surface area contributed by atoms with Gasteiger partial charge in [0, 0.05) is 42.0 Å². The predicted molar refractivity (Wildman–Crippen MR) is 92.0 cm³/mol. The smallest absolute Gasteiger partial charge is 0.336 e. The summed E-state index contributed by atoms with van der Waals surface area (Å²) in [6, 6.07) is 8.22. The summed E-state index contributed by atoms with van der Waals surface area (Å²) in [5, 5.41) is 1.16. The Morgan fingerprint density at radius 3 is 2.74 bits per heavy atom. The molecule has 23 heavy (non-hydrogen) atoms. The van der Waals surface area contributed by atoms with Crippen molar-refractivity contribution in [1.29, 1.82) is 0 Å². The molecule has 1 N–H and O–H groups in total. The van der Waals surface area contributed by atoms with Gasteiger partial charge in [-0.3, -0.25) is 0 Å². The lowest BCUT2D eigenvalue weighted by atomic mass is 9.81. The Balaban J connectivity index is 2.24. The molecule has 3 rings (SSSR count). The molecule has 1 atom stereocenters. The standard InChI is InChI=1S/C19H22N2O2/c1-5-13-10-21(3)11-15(19(22)23-4)18(13)17-12(2)20-16-9-7-6-8-14(16)17/h6-11,18,20H,5H2,1-4H3. The number of H-pyrrole nitrogens is 1. The van der Waals surface area contributed by atoms with Crippen LogP contribution in [0.15, 0.2) is 47.8 Å². The molecule has 1 aromatic heterocycles. The summed E-state index contributed by atoms with van der Waals surface area (Å²) < 4.78 is 5.04. The van der Waals surface area contributed by atoms with E-state index in [4.69, 9.17) is 4.74 Å². The third-order valence-electron chi connectivity index (χ3n) is 4.46. The highest BCUT2D eigenvalue weighted by Gasteiger charge is 2.32. The molecule has 0 spiro atoms. The minimum atomic E-state index is -0.273. The number of esters is 1. The average Bonchev–Trinajstić information content (AvgIpc) is 2.89. The van der Waals surface area contributed by atoms with Gasteiger partial charge in [-0.1, -0.05) is 25.1 Å². The van der Waals surface area contributed by atoms with E-state index >= 15 is 0 Å². The number of benzene rings is 1. The second-order valence-electron chi connectivity index (χ2n) is 5.94. The fourth-order valence-electron chi connectivity index (χ4n) is 3.46. The van der Waals surface area contributed by atoms with Crippen LogP contribution in [-0.2, 0) is 9.53 Å². The molecule has 4 nitrogen and oxygen atoms in total. The van der Waals surface area contributed by atoms with Crippen LogP contribution in [0.1, 0.15) is 30.5 Å². The number of fused-ring (bicyclic) bond motifs is 1. The van der Waals surface area contributed by atoms with Gasteiger partial charge in [-0.25, -0.2) is 4.79 Å². The molecule has 0 bridgehead atoms. The third-order valence-corrected chi connectivity index (χ3v) is 4.46. The molecule has 0 aliphatic carbocycles. The molecule has 120 valence electrons. The first-order valence-corrected chi connectivity index (χ1v) is 7.86. The number of rotatable bonds is 3. The molecule has 1 unspecified atom stereocenters. The number of aryl methyl sites for hydroxylation is 1. The molecule has 1 aromatic carbocycles. The van der Waals surface area contributed by atoms with Gasteiger partial charge in [0.05, 0.1) is 12.7 Å². The summed E-state index contributed by atoms with van der Waals surface area (Å²) in [6.07, 6.45) is 4.86. The number of allylic oxidation sites excluding steroid dienone is 1. The largest absolute Gasteiger partial charge is 0.466 e. The molecule has 0 saturated heterocycles. The van der Waals surface area contributed by atoms with E-state index in [0.29, 0.717) is 5.57 Å². The summed E-state index contributed by atoms with van der Waals surface area (Å²) in [6.45, 7) is 4.19. The van der Waals surface area contributed by atoms with Crippen LogP contribution in [0, 0.1) is 6.92 Å². The van der Waals surface area contributed by atoms with Gasteiger partial charge >= 0.3 is 5.97 Å². The zero-order valence-corrected chi connectivity index (χ0v) is 14.0. The van der Waals surface area contributed by atoms with Gasteiger partial charge in [-0.15, -0.1) is 0 Å². The summed E-state index contributed by atoms with van der Waals surface area (Å²) in [7, 11) is 3.38. The number of carbonyl (C=O) groups is 1. The number of hydrogen-bond donors (Lipinski definition) is 1. The number of aromatic nitrogens is 1. The average molecular weight is 310 g/mol. The van der Waals surface area contributed by atoms with Crippen molar-refractivity contribution in [2.24, 2.45) is 0 Å². The van der Waals surface area contributed by atoms with Crippen molar-refractivity contribution in [3.05, 3.63) is 59.1 Å². The van der Waals surface area contributed by atoms with E-state index in [-0.39, 0.29) is 11.9 Å². The van der Waals surface area contributed by atoms with Crippen LogP contribution < -0.4 is 0 Å². The first kappa shape index (κ1) is 15.4. The van der Waals surface area contributed by atoms with Crippen molar-refractivity contribution in [2.45, 2.75) is 26.2 Å². The van der Waals surface area contributed by atoms with Crippen LogP contribution in [0.4, 0.5) is 0 Å². The van der Waals surface area contributed by atoms with E-state index in [9.17, 15) is 4.79 Å². The Hall–Kier alpha value is -2.49. The Kier molecular flexibility index (Phi) is 3.99. The first-order valence-electron chi connectivity index (χ1n) is 7.86. The highest BCUT2D eigenvalue weighted by molar-refractivity contribution is 5.94. The van der Waals surface area contributed by atoms with E-state index in [2.05, 4.69) is 37.2 Å². The molecule has 1 aliphatic rings. The van der Waals surface area contributed by atoms with Crippen molar-refractivity contribution in [3.63, 3.8) is 0 Å². The summed E-state index contributed by atoms with van der Waals surface area (Å²) >= 11 is 0. The topological polar surface area (TPSA) is 45.3 Å². The number of para-hydroxylation sites is 1. The zero-order valence-electron chi connectivity index (χ0n) is 14.0. The van der Waals surface area contributed by atoms with E-state index in [1.54, 1.807) is 0 Å². The van der Waals surface area contributed by atoms with Crippen molar-refractivity contribution < 1.29 is 9.53 Å². The van der Waals surface area contributed by atoms with Crippen LogP contribution in [-0.4, -0.2) is 30.0 Å². The lowest BCUT2D eigenvalue weighted by molar-refractivity contribution is -0.136. The SMILES string of the molecule is CCC1=CN(C)C=C(C(=O)OC)C1c1c(C)[nH]c2ccccc12. The molecular formula is C19H22N2O2. The maximum absolute atomic E-state index is 12.4. The number of ether oxygens (including phenoxy) is 1. The van der Waals surface area contributed by atoms with E-state index < -0.39 is 0 Å².